The summed E-state index contributed by atoms with van der Waals surface area (Å²) < 4.78 is 11.1. The average Bonchev–Trinajstić information content (AvgIpc) is 3.16. The normalized spacial score (nSPS) is 10.6. The van der Waals surface area contributed by atoms with Gasteiger partial charge in [0.25, 0.3) is 5.91 Å². The van der Waals surface area contributed by atoms with Crippen LogP contribution >= 0.6 is 0 Å². The molecule has 0 saturated carbocycles. The van der Waals surface area contributed by atoms with Crippen molar-refractivity contribution in [1.82, 2.24) is 4.90 Å². The van der Waals surface area contributed by atoms with Gasteiger partial charge in [0.05, 0.1) is 12.8 Å². The van der Waals surface area contributed by atoms with E-state index >= 15 is 0 Å². The number of ether oxygens (including phenoxy) is 1. The molecular weight excluding hydrogens is 342 g/mol. The van der Waals surface area contributed by atoms with Gasteiger partial charge in [-0.25, -0.2) is 0 Å². The molecule has 1 aromatic heterocycles. The number of aromatic hydroxyl groups is 1. The average molecular weight is 365 g/mol. The Hall–Kier alpha value is -3.21. The SMILES string of the molecule is Cc1ccc(C)c(OCC(=O)N(Cc2ccco2)Cc2ccccc2O)c1. The van der Waals surface area contributed by atoms with E-state index in [1.54, 1.807) is 35.4 Å². The summed E-state index contributed by atoms with van der Waals surface area (Å²) in [4.78, 5) is 14.4. The van der Waals surface area contributed by atoms with Gasteiger partial charge in [-0.1, -0.05) is 30.3 Å². The molecule has 0 aliphatic rings. The van der Waals surface area contributed by atoms with Crippen molar-refractivity contribution >= 4 is 5.91 Å². The molecule has 3 aromatic rings. The highest BCUT2D eigenvalue weighted by Crippen LogP contribution is 2.21. The Morgan fingerprint density at radius 3 is 2.63 bits per heavy atom. The lowest BCUT2D eigenvalue weighted by Crippen LogP contribution is -2.34. The third-order valence-electron chi connectivity index (χ3n) is 4.33. The van der Waals surface area contributed by atoms with E-state index in [9.17, 15) is 9.90 Å². The van der Waals surface area contributed by atoms with Crippen LogP contribution in [0.2, 0.25) is 0 Å². The molecule has 0 fully saturated rings. The minimum absolute atomic E-state index is 0.0847. The van der Waals surface area contributed by atoms with Crippen molar-refractivity contribution in [2.75, 3.05) is 6.61 Å². The summed E-state index contributed by atoms with van der Waals surface area (Å²) in [5.41, 5.74) is 2.72. The second kappa shape index (κ2) is 8.45. The van der Waals surface area contributed by atoms with Gasteiger partial charge in [-0.05, 0) is 49.2 Å². The number of para-hydroxylation sites is 1. The maximum Gasteiger partial charge on any atom is 0.261 e. The van der Waals surface area contributed by atoms with Crippen LogP contribution in [0.25, 0.3) is 0 Å². The van der Waals surface area contributed by atoms with Gasteiger partial charge in [-0.2, -0.15) is 0 Å². The summed E-state index contributed by atoms with van der Waals surface area (Å²) in [5.74, 6) is 1.34. The lowest BCUT2D eigenvalue weighted by molar-refractivity contribution is -0.134. The molecule has 1 amide bonds. The quantitative estimate of drug-likeness (QED) is 0.681. The van der Waals surface area contributed by atoms with Crippen LogP contribution in [0.3, 0.4) is 0 Å². The number of phenols is 1. The van der Waals surface area contributed by atoms with Crippen LogP contribution in [0.1, 0.15) is 22.5 Å². The van der Waals surface area contributed by atoms with E-state index in [0.29, 0.717) is 23.6 Å². The number of carbonyl (C=O) groups is 1. The number of benzene rings is 2. The van der Waals surface area contributed by atoms with Crippen molar-refractivity contribution in [2.24, 2.45) is 0 Å². The Kier molecular flexibility index (Phi) is 5.81. The largest absolute Gasteiger partial charge is 0.508 e. The van der Waals surface area contributed by atoms with E-state index in [0.717, 1.165) is 11.1 Å². The zero-order valence-corrected chi connectivity index (χ0v) is 15.5. The van der Waals surface area contributed by atoms with Gasteiger partial charge in [0.15, 0.2) is 6.61 Å². The van der Waals surface area contributed by atoms with Gasteiger partial charge in [0.2, 0.25) is 0 Å². The molecule has 0 radical (unpaired) electrons. The maximum absolute atomic E-state index is 12.8. The van der Waals surface area contributed by atoms with Crippen LogP contribution in [0, 0.1) is 13.8 Å². The van der Waals surface area contributed by atoms with Crippen LogP contribution in [-0.4, -0.2) is 22.5 Å². The van der Waals surface area contributed by atoms with Gasteiger partial charge in [-0.15, -0.1) is 0 Å². The van der Waals surface area contributed by atoms with E-state index in [1.807, 2.05) is 44.2 Å². The first-order valence-electron chi connectivity index (χ1n) is 8.80. The van der Waals surface area contributed by atoms with Gasteiger partial charge >= 0.3 is 0 Å². The molecule has 27 heavy (non-hydrogen) atoms. The highest BCUT2D eigenvalue weighted by atomic mass is 16.5. The zero-order valence-electron chi connectivity index (χ0n) is 15.5. The smallest absolute Gasteiger partial charge is 0.261 e. The summed E-state index contributed by atoms with van der Waals surface area (Å²) in [6.07, 6.45) is 1.57. The Bertz CT molecular complexity index is 902. The Balaban J connectivity index is 1.73. The van der Waals surface area contributed by atoms with Gasteiger partial charge in [-0.3, -0.25) is 4.79 Å². The van der Waals surface area contributed by atoms with E-state index in [4.69, 9.17) is 9.15 Å². The maximum atomic E-state index is 12.8. The van der Waals surface area contributed by atoms with Crippen molar-refractivity contribution in [3.8, 4) is 11.5 Å². The molecule has 2 aromatic carbocycles. The van der Waals surface area contributed by atoms with Crippen molar-refractivity contribution in [3.63, 3.8) is 0 Å². The van der Waals surface area contributed by atoms with Gasteiger partial charge < -0.3 is 19.2 Å². The highest BCUT2D eigenvalue weighted by Gasteiger charge is 2.18. The Morgan fingerprint density at radius 2 is 1.89 bits per heavy atom. The van der Waals surface area contributed by atoms with Crippen molar-refractivity contribution < 1.29 is 19.1 Å². The minimum atomic E-state index is -0.185. The number of phenolic OH excluding ortho intramolecular Hbond substituents is 1. The fraction of sp³-hybridized carbons (Fsp3) is 0.227. The molecule has 0 atom stereocenters. The van der Waals surface area contributed by atoms with Gasteiger partial charge in [0, 0.05) is 12.1 Å². The number of rotatable bonds is 7. The number of nitrogens with zero attached hydrogens (tertiary/aromatic N) is 1. The van der Waals surface area contributed by atoms with Crippen molar-refractivity contribution in [1.29, 1.82) is 0 Å². The lowest BCUT2D eigenvalue weighted by Gasteiger charge is -2.22. The molecule has 0 unspecified atom stereocenters. The number of aryl methyl sites for hydroxylation is 2. The van der Waals surface area contributed by atoms with Crippen LogP contribution in [0.15, 0.2) is 65.3 Å². The molecule has 0 aliphatic carbocycles. The predicted octanol–water partition coefficient (Wildman–Crippen LogP) is 4.21. The first-order valence-corrected chi connectivity index (χ1v) is 8.80. The van der Waals surface area contributed by atoms with Crippen LogP contribution in [-0.2, 0) is 17.9 Å². The first-order chi connectivity index (χ1) is 13.0. The topological polar surface area (TPSA) is 62.9 Å². The molecular formula is C22H23NO4. The van der Waals surface area contributed by atoms with Crippen LogP contribution in [0.5, 0.6) is 11.5 Å². The minimum Gasteiger partial charge on any atom is -0.508 e. The molecule has 0 aliphatic heterocycles. The molecule has 1 N–H and O–H groups in total. The molecule has 1 heterocycles. The van der Waals surface area contributed by atoms with Crippen molar-refractivity contribution in [3.05, 3.63) is 83.3 Å². The number of furan rings is 1. The van der Waals surface area contributed by atoms with E-state index in [-0.39, 0.29) is 24.8 Å². The third-order valence-corrected chi connectivity index (χ3v) is 4.33. The molecule has 5 nitrogen and oxygen atoms in total. The summed E-state index contributed by atoms with van der Waals surface area (Å²) in [6, 6.07) is 16.5. The van der Waals surface area contributed by atoms with Crippen LogP contribution in [0.4, 0.5) is 0 Å². The van der Waals surface area contributed by atoms with E-state index in [1.165, 1.54) is 0 Å². The molecule has 3 rings (SSSR count). The monoisotopic (exact) mass is 365 g/mol. The summed E-state index contributed by atoms with van der Waals surface area (Å²) in [7, 11) is 0. The summed E-state index contributed by atoms with van der Waals surface area (Å²) in [6.45, 7) is 4.41. The van der Waals surface area contributed by atoms with E-state index in [2.05, 4.69) is 0 Å². The number of carbonyl (C=O) groups excluding carboxylic acids is 1. The first kappa shape index (κ1) is 18.6. The second-order valence-corrected chi connectivity index (χ2v) is 6.52. The molecule has 0 spiro atoms. The van der Waals surface area contributed by atoms with Gasteiger partial charge in [0.1, 0.15) is 17.3 Å². The molecule has 140 valence electrons. The summed E-state index contributed by atoms with van der Waals surface area (Å²) in [5, 5.41) is 10.0. The number of amides is 1. The van der Waals surface area contributed by atoms with Crippen LogP contribution < -0.4 is 4.74 Å². The zero-order chi connectivity index (χ0) is 19.2. The lowest BCUT2D eigenvalue weighted by atomic mass is 10.1. The molecule has 0 saturated heterocycles. The highest BCUT2D eigenvalue weighted by molar-refractivity contribution is 5.78. The number of hydrogen-bond donors (Lipinski definition) is 1. The number of hydrogen-bond acceptors (Lipinski definition) is 4. The molecule has 0 bridgehead atoms. The molecule has 5 heteroatoms. The fourth-order valence-electron chi connectivity index (χ4n) is 2.77. The standard InChI is InChI=1S/C22H23NO4/c1-16-9-10-17(2)21(12-16)27-15-22(25)23(14-19-7-5-11-26-19)13-18-6-3-4-8-20(18)24/h3-12,24H,13-15H2,1-2H3. The summed E-state index contributed by atoms with van der Waals surface area (Å²) >= 11 is 0. The van der Waals surface area contributed by atoms with E-state index < -0.39 is 0 Å². The predicted molar refractivity (Wildman–Crippen MR) is 102 cm³/mol. The fourth-order valence-corrected chi connectivity index (χ4v) is 2.77. The third kappa shape index (κ3) is 4.91. The Labute approximate surface area is 158 Å². The van der Waals surface area contributed by atoms with Crippen molar-refractivity contribution in [2.45, 2.75) is 26.9 Å². The Morgan fingerprint density at radius 1 is 1.07 bits per heavy atom. The second-order valence-electron chi connectivity index (χ2n) is 6.52.